The second-order valence-corrected chi connectivity index (χ2v) is 6.61. The summed E-state index contributed by atoms with van der Waals surface area (Å²) in [6.45, 7) is 4.90. The molecule has 0 saturated heterocycles. The first-order valence-corrected chi connectivity index (χ1v) is 7.22. The Labute approximate surface area is 93.7 Å². The molecule has 2 unspecified atom stereocenters. The molecule has 0 bridgehead atoms. The highest BCUT2D eigenvalue weighted by Gasteiger charge is 2.29. The van der Waals surface area contributed by atoms with Gasteiger partial charge in [-0.15, -0.1) is 0 Å². The molecule has 0 radical (unpaired) electrons. The fourth-order valence-corrected chi connectivity index (χ4v) is 2.99. The molecule has 2 rings (SSSR count). The summed E-state index contributed by atoms with van der Waals surface area (Å²) >= 11 is 0. The van der Waals surface area contributed by atoms with Gasteiger partial charge in [0.15, 0.2) is 5.03 Å². The van der Waals surface area contributed by atoms with Crippen LogP contribution in [0.3, 0.4) is 0 Å². The Hall–Kier alpha value is -0.550. The maximum Gasteiger partial charge on any atom is 0.278 e. The topological polar surface area (TPSA) is 52.0 Å². The van der Waals surface area contributed by atoms with Gasteiger partial charge in [-0.05, 0) is 12.3 Å². The standard InChI is InChI=1S/C9H13ClN2O2S/c1-6-3-4-12-8(15(10,13)14)5-11-9(12)7(6)2/h5-7H,3-4H2,1-2H3. The van der Waals surface area contributed by atoms with E-state index in [1.807, 2.05) is 0 Å². The largest absolute Gasteiger partial charge is 0.318 e. The molecule has 0 amide bonds. The van der Waals surface area contributed by atoms with E-state index in [4.69, 9.17) is 10.7 Å². The Morgan fingerprint density at radius 3 is 2.80 bits per heavy atom. The number of aromatic nitrogens is 2. The molecular formula is C9H13ClN2O2S. The van der Waals surface area contributed by atoms with Gasteiger partial charge in [-0.1, -0.05) is 13.8 Å². The molecule has 0 fully saturated rings. The third-order valence-corrected chi connectivity index (χ3v) is 4.47. The molecular weight excluding hydrogens is 236 g/mol. The van der Waals surface area contributed by atoms with Crippen molar-refractivity contribution < 1.29 is 8.42 Å². The molecule has 1 aliphatic rings. The average Bonchev–Trinajstić information content (AvgIpc) is 2.54. The molecule has 2 atom stereocenters. The van der Waals surface area contributed by atoms with Crippen LogP contribution in [-0.4, -0.2) is 18.0 Å². The van der Waals surface area contributed by atoms with E-state index < -0.39 is 9.05 Å². The number of hydrogen-bond donors (Lipinski definition) is 0. The van der Waals surface area contributed by atoms with Crippen molar-refractivity contribution in [2.45, 2.75) is 37.8 Å². The van der Waals surface area contributed by atoms with Crippen LogP contribution in [-0.2, 0) is 15.6 Å². The quantitative estimate of drug-likeness (QED) is 0.714. The zero-order valence-corrected chi connectivity index (χ0v) is 10.2. The van der Waals surface area contributed by atoms with Gasteiger partial charge in [-0.2, -0.15) is 0 Å². The van der Waals surface area contributed by atoms with Crippen molar-refractivity contribution in [2.24, 2.45) is 5.92 Å². The maximum atomic E-state index is 11.3. The maximum absolute atomic E-state index is 11.3. The predicted octanol–water partition coefficient (Wildman–Crippen LogP) is 1.95. The SMILES string of the molecule is CC1CCn2c(S(=O)(=O)Cl)cnc2C1C. The zero-order valence-electron chi connectivity index (χ0n) is 8.64. The lowest BCUT2D eigenvalue weighted by Gasteiger charge is -2.27. The van der Waals surface area contributed by atoms with E-state index in [9.17, 15) is 8.42 Å². The van der Waals surface area contributed by atoms with Gasteiger partial charge in [-0.3, -0.25) is 0 Å². The van der Waals surface area contributed by atoms with Gasteiger partial charge in [0.25, 0.3) is 9.05 Å². The highest BCUT2D eigenvalue weighted by Crippen LogP contribution is 2.33. The number of fused-ring (bicyclic) bond motifs is 1. The third-order valence-electron chi connectivity index (χ3n) is 3.17. The Morgan fingerprint density at radius 2 is 2.20 bits per heavy atom. The normalized spacial score (nSPS) is 26.3. The van der Waals surface area contributed by atoms with Gasteiger partial charge >= 0.3 is 0 Å². The summed E-state index contributed by atoms with van der Waals surface area (Å²) in [6.07, 6.45) is 2.32. The Morgan fingerprint density at radius 1 is 1.53 bits per heavy atom. The lowest BCUT2D eigenvalue weighted by atomic mass is 9.89. The van der Waals surface area contributed by atoms with Crippen molar-refractivity contribution in [1.82, 2.24) is 9.55 Å². The van der Waals surface area contributed by atoms with Crippen LogP contribution in [0.25, 0.3) is 0 Å². The van der Waals surface area contributed by atoms with E-state index >= 15 is 0 Å². The molecule has 0 saturated carbocycles. The predicted molar refractivity (Wildman–Crippen MR) is 57.5 cm³/mol. The first-order valence-electron chi connectivity index (χ1n) is 4.91. The van der Waals surface area contributed by atoms with Crippen LogP contribution in [0.15, 0.2) is 11.2 Å². The number of rotatable bonds is 1. The molecule has 0 aliphatic carbocycles. The van der Waals surface area contributed by atoms with E-state index in [0.29, 0.717) is 12.5 Å². The average molecular weight is 249 g/mol. The van der Waals surface area contributed by atoms with Crippen molar-refractivity contribution in [3.8, 4) is 0 Å². The van der Waals surface area contributed by atoms with Gasteiger partial charge < -0.3 is 4.57 Å². The Bertz CT molecular complexity index is 480. The Kier molecular flexibility index (Phi) is 2.55. The molecule has 4 nitrogen and oxygen atoms in total. The van der Waals surface area contributed by atoms with Gasteiger partial charge in [0.05, 0.1) is 6.20 Å². The van der Waals surface area contributed by atoms with Crippen LogP contribution in [0, 0.1) is 5.92 Å². The molecule has 84 valence electrons. The number of imidazole rings is 1. The molecule has 1 aromatic rings. The van der Waals surface area contributed by atoms with Crippen LogP contribution < -0.4 is 0 Å². The second-order valence-electron chi connectivity index (χ2n) is 4.10. The summed E-state index contributed by atoms with van der Waals surface area (Å²) < 4.78 is 24.2. The molecule has 1 aliphatic heterocycles. The zero-order chi connectivity index (χ0) is 11.2. The van der Waals surface area contributed by atoms with E-state index in [0.717, 1.165) is 12.2 Å². The Balaban J connectivity index is 2.54. The summed E-state index contributed by atoms with van der Waals surface area (Å²) in [6, 6.07) is 0. The van der Waals surface area contributed by atoms with Crippen molar-refractivity contribution in [2.75, 3.05) is 0 Å². The fraction of sp³-hybridized carbons (Fsp3) is 0.667. The van der Waals surface area contributed by atoms with Crippen LogP contribution in [0.4, 0.5) is 0 Å². The highest BCUT2D eigenvalue weighted by molar-refractivity contribution is 8.13. The number of halogens is 1. The second kappa shape index (κ2) is 3.49. The summed E-state index contributed by atoms with van der Waals surface area (Å²) in [4.78, 5) is 4.15. The summed E-state index contributed by atoms with van der Waals surface area (Å²) in [5, 5.41) is 0.123. The number of hydrogen-bond acceptors (Lipinski definition) is 3. The molecule has 6 heteroatoms. The number of nitrogens with zero attached hydrogens (tertiary/aromatic N) is 2. The summed E-state index contributed by atoms with van der Waals surface area (Å²) in [5.41, 5.74) is 0. The van der Waals surface area contributed by atoms with Crippen molar-refractivity contribution in [3.05, 3.63) is 12.0 Å². The minimum absolute atomic E-state index is 0.123. The van der Waals surface area contributed by atoms with Crippen molar-refractivity contribution in [1.29, 1.82) is 0 Å². The molecule has 0 aromatic carbocycles. The van der Waals surface area contributed by atoms with Crippen LogP contribution >= 0.6 is 10.7 Å². The van der Waals surface area contributed by atoms with Gasteiger partial charge in [-0.25, -0.2) is 13.4 Å². The smallest absolute Gasteiger partial charge is 0.278 e. The highest BCUT2D eigenvalue weighted by atomic mass is 35.7. The van der Waals surface area contributed by atoms with Crippen LogP contribution in [0.1, 0.15) is 32.0 Å². The van der Waals surface area contributed by atoms with Crippen LogP contribution in [0.2, 0.25) is 0 Å². The third kappa shape index (κ3) is 1.78. The molecule has 1 aromatic heterocycles. The van der Waals surface area contributed by atoms with E-state index in [1.54, 1.807) is 4.57 Å². The van der Waals surface area contributed by atoms with Gasteiger partial charge in [0.1, 0.15) is 5.82 Å². The minimum Gasteiger partial charge on any atom is -0.318 e. The summed E-state index contributed by atoms with van der Waals surface area (Å²) in [7, 11) is 1.66. The van der Waals surface area contributed by atoms with E-state index in [-0.39, 0.29) is 10.9 Å². The van der Waals surface area contributed by atoms with E-state index in [1.165, 1.54) is 6.20 Å². The minimum atomic E-state index is -3.67. The molecule has 2 heterocycles. The monoisotopic (exact) mass is 248 g/mol. The van der Waals surface area contributed by atoms with E-state index in [2.05, 4.69) is 18.8 Å². The first-order chi connectivity index (χ1) is 6.91. The molecule has 0 N–H and O–H groups in total. The first kappa shape index (κ1) is 11.0. The molecule has 0 spiro atoms. The van der Waals surface area contributed by atoms with Crippen molar-refractivity contribution in [3.63, 3.8) is 0 Å². The van der Waals surface area contributed by atoms with Gasteiger partial charge in [0, 0.05) is 23.1 Å². The fourth-order valence-electron chi connectivity index (χ4n) is 1.99. The van der Waals surface area contributed by atoms with Crippen LogP contribution in [0.5, 0.6) is 0 Å². The summed E-state index contributed by atoms with van der Waals surface area (Å²) in [5.74, 6) is 1.64. The van der Waals surface area contributed by atoms with Crippen molar-refractivity contribution >= 4 is 19.7 Å². The van der Waals surface area contributed by atoms with Gasteiger partial charge in [0.2, 0.25) is 0 Å². The lowest BCUT2D eigenvalue weighted by molar-refractivity contribution is 0.339. The molecule has 15 heavy (non-hydrogen) atoms. The lowest BCUT2D eigenvalue weighted by Crippen LogP contribution is -2.22.